The van der Waals surface area contributed by atoms with E-state index in [0.29, 0.717) is 17.0 Å². The minimum Gasteiger partial charge on any atom is -0.493 e. The number of aromatic nitrogens is 8. The minimum atomic E-state index is -4.42. The molecule has 0 radical (unpaired) electrons. The van der Waals surface area contributed by atoms with Crippen molar-refractivity contribution in [1.82, 2.24) is 40.6 Å². The maximum atomic E-state index is 13.9. The van der Waals surface area contributed by atoms with E-state index in [1.165, 1.54) is 42.6 Å². The summed E-state index contributed by atoms with van der Waals surface area (Å²) in [6.45, 7) is 1.81. The number of methoxy groups -OCH3 is 1. The summed E-state index contributed by atoms with van der Waals surface area (Å²) in [6, 6.07) is 18.7. The van der Waals surface area contributed by atoms with E-state index in [4.69, 9.17) is 28.7 Å². The first-order valence-corrected chi connectivity index (χ1v) is 16.7. The van der Waals surface area contributed by atoms with Crippen molar-refractivity contribution in [1.29, 1.82) is 0 Å². The molecule has 0 saturated heterocycles. The molecule has 7 rings (SSSR count). The Balaban J connectivity index is 1.35. The number of aromatic amines is 1. The number of para-hydroxylation sites is 2. The van der Waals surface area contributed by atoms with Gasteiger partial charge in [0.15, 0.2) is 40.5 Å². The molecule has 0 aliphatic carbocycles. The fourth-order valence-corrected chi connectivity index (χ4v) is 5.83. The number of pyridine rings is 2. The summed E-state index contributed by atoms with van der Waals surface area (Å²) in [4.78, 5) is 42.6. The molecule has 0 fully saturated rings. The van der Waals surface area contributed by atoms with E-state index in [1.807, 2.05) is 0 Å². The number of amides is 1. The third kappa shape index (κ3) is 6.98. The molecule has 1 aliphatic heterocycles. The molecule has 0 unspecified atom stereocenters. The van der Waals surface area contributed by atoms with Crippen LogP contribution in [-0.2, 0) is 14.9 Å². The summed E-state index contributed by atoms with van der Waals surface area (Å²) in [6.07, 6.45) is 1.99. The molecule has 5 heterocycles. The monoisotopic (exact) mass is 726 g/mol. The van der Waals surface area contributed by atoms with Gasteiger partial charge >= 0.3 is 12.0 Å². The van der Waals surface area contributed by atoms with Crippen molar-refractivity contribution in [2.45, 2.75) is 11.8 Å². The molecule has 264 valence electrons. The Bertz CT molecular complexity index is 2330. The van der Waals surface area contributed by atoms with Gasteiger partial charge in [0.1, 0.15) is 11.5 Å². The van der Waals surface area contributed by atoms with E-state index in [2.05, 4.69) is 45.3 Å². The highest BCUT2D eigenvalue weighted by molar-refractivity contribution is 7.92. The number of anilines is 2. The largest absolute Gasteiger partial charge is 0.493 e. The average molecular weight is 727 g/mol. The molecule has 0 bridgehead atoms. The number of rotatable bonds is 12. The predicted molar refractivity (Wildman–Crippen MR) is 179 cm³/mol. The van der Waals surface area contributed by atoms with E-state index in [9.17, 15) is 13.2 Å². The van der Waals surface area contributed by atoms with E-state index in [1.54, 1.807) is 61.5 Å². The summed E-state index contributed by atoms with van der Waals surface area (Å²) >= 11 is 0. The zero-order chi connectivity index (χ0) is 36.1. The number of benzene rings is 2. The number of ether oxygens (including phenoxy) is 4. The fraction of sp³-hybridized carbons (Fsp3) is 0.125. The zero-order valence-corrected chi connectivity index (χ0v) is 28.0. The van der Waals surface area contributed by atoms with Gasteiger partial charge < -0.3 is 18.9 Å². The molecular weight excluding hydrogens is 700 g/mol. The van der Waals surface area contributed by atoms with Gasteiger partial charge in [0.25, 0.3) is 10.0 Å². The lowest BCUT2D eigenvalue weighted by atomic mass is 10.2. The van der Waals surface area contributed by atoms with Crippen molar-refractivity contribution >= 4 is 27.8 Å². The SMILES string of the molecule is CCN(C(=O)OOc1nc(-c2ccnc(-c3nnn[nH]3)c2)nc(NS(=O)(=O)c2ccc3c(c2)OCO3)c1Oc1ccccc1OC)c1ccccn1. The van der Waals surface area contributed by atoms with E-state index in [-0.39, 0.29) is 58.7 Å². The number of tetrazole rings is 1. The molecule has 0 atom stereocenters. The molecule has 2 aromatic carbocycles. The summed E-state index contributed by atoms with van der Waals surface area (Å²) in [5.74, 6) is 0.128. The fourth-order valence-electron chi connectivity index (χ4n) is 4.80. The maximum Gasteiger partial charge on any atom is 0.458 e. The Morgan fingerprint density at radius 1 is 0.962 bits per heavy atom. The van der Waals surface area contributed by atoms with Crippen molar-refractivity contribution in [3.05, 3.63) is 85.2 Å². The smallest absolute Gasteiger partial charge is 0.458 e. The molecule has 6 aromatic rings. The lowest BCUT2D eigenvalue weighted by Crippen LogP contribution is -2.33. The molecular formula is C32H26N10O9S. The summed E-state index contributed by atoms with van der Waals surface area (Å²) in [5.41, 5.74) is 0.624. The van der Waals surface area contributed by atoms with Crippen LogP contribution in [0.15, 0.2) is 90.1 Å². The Morgan fingerprint density at radius 3 is 2.56 bits per heavy atom. The van der Waals surface area contributed by atoms with Crippen molar-refractivity contribution in [2.24, 2.45) is 0 Å². The molecule has 1 amide bonds. The third-order valence-electron chi connectivity index (χ3n) is 7.26. The lowest BCUT2D eigenvalue weighted by Gasteiger charge is -2.20. The highest BCUT2D eigenvalue weighted by Gasteiger charge is 2.29. The van der Waals surface area contributed by atoms with Gasteiger partial charge in [-0.15, -0.1) is 5.10 Å². The third-order valence-corrected chi connectivity index (χ3v) is 8.60. The number of nitrogens with zero attached hydrogens (tertiary/aromatic N) is 8. The number of nitrogens with one attached hydrogen (secondary N) is 2. The molecule has 2 N–H and O–H groups in total. The molecule has 52 heavy (non-hydrogen) atoms. The van der Waals surface area contributed by atoms with Gasteiger partial charge in [0.05, 0.1) is 12.0 Å². The number of hydrogen-bond acceptors (Lipinski definition) is 16. The van der Waals surface area contributed by atoms with Crippen LogP contribution in [0.3, 0.4) is 0 Å². The van der Waals surface area contributed by atoms with Crippen LogP contribution in [0.4, 0.5) is 16.4 Å². The van der Waals surface area contributed by atoms with Crippen LogP contribution in [0.5, 0.6) is 34.6 Å². The first kappa shape index (κ1) is 33.4. The number of fused-ring (bicyclic) bond motifs is 1. The normalized spacial score (nSPS) is 11.8. The minimum absolute atomic E-state index is 0.0638. The van der Waals surface area contributed by atoms with Crippen molar-refractivity contribution in [2.75, 3.05) is 30.1 Å². The van der Waals surface area contributed by atoms with Gasteiger partial charge in [-0.2, -0.15) is 4.98 Å². The maximum absolute atomic E-state index is 13.9. The zero-order valence-electron chi connectivity index (χ0n) is 27.2. The van der Waals surface area contributed by atoms with E-state index < -0.39 is 27.8 Å². The van der Waals surface area contributed by atoms with Gasteiger partial charge in [-0.1, -0.05) is 18.2 Å². The van der Waals surface area contributed by atoms with Crippen LogP contribution in [0, 0.1) is 0 Å². The quantitative estimate of drug-likeness (QED) is 0.131. The Labute approximate surface area is 294 Å². The average Bonchev–Trinajstić information content (AvgIpc) is 3.89. The Kier molecular flexibility index (Phi) is 9.26. The number of H-pyrrole nitrogens is 1. The van der Waals surface area contributed by atoms with Crippen LogP contribution in [0.25, 0.3) is 22.9 Å². The molecule has 1 aliphatic rings. The van der Waals surface area contributed by atoms with Crippen molar-refractivity contribution < 1.29 is 41.9 Å². The second kappa shape index (κ2) is 14.4. The standard InChI is InChI=1S/C32H26N10O9S/c1-3-42(26-10-6-7-14-34-26)32(43)51-50-31-27(49-24-9-5-4-8-22(24)46-2)30(39-52(44,45)20-11-12-23-25(17-20)48-18-47-23)35-28(36-31)19-13-15-33-21(16-19)29-37-40-41-38-29/h4-17H,3,18H2,1-2H3,(H,35,36,39)(H,37,38,40,41). The molecule has 19 nitrogen and oxygen atoms in total. The van der Waals surface area contributed by atoms with Crippen LogP contribution in [0.2, 0.25) is 0 Å². The first-order chi connectivity index (χ1) is 25.3. The van der Waals surface area contributed by atoms with Gasteiger partial charge in [0, 0.05) is 30.6 Å². The number of carbonyl (C=O) groups excluding carboxylic acids is 1. The van der Waals surface area contributed by atoms with E-state index in [0.717, 1.165) is 0 Å². The Morgan fingerprint density at radius 2 is 1.79 bits per heavy atom. The van der Waals surface area contributed by atoms with Crippen LogP contribution < -0.4 is 33.5 Å². The van der Waals surface area contributed by atoms with Crippen LogP contribution in [0.1, 0.15) is 6.92 Å². The number of sulfonamides is 1. The van der Waals surface area contributed by atoms with Crippen LogP contribution in [-0.4, -0.2) is 75.5 Å². The Hall–Kier alpha value is -7.09. The molecule has 0 spiro atoms. The van der Waals surface area contributed by atoms with Gasteiger partial charge in [-0.05, 0) is 65.9 Å². The molecule has 0 saturated carbocycles. The van der Waals surface area contributed by atoms with E-state index >= 15 is 0 Å². The molecule has 4 aromatic heterocycles. The topological polar surface area (TPSA) is 228 Å². The van der Waals surface area contributed by atoms with Gasteiger partial charge in [-0.25, -0.2) is 33.2 Å². The molecule has 20 heteroatoms. The van der Waals surface area contributed by atoms with Crippen molar-refractivity contribution in [3.8, 4) is 57.5 Å². The van der Waals surface area contributed by atoms with Crippen molar-refractivity contribution in [3.63, 3.8) is 0 Å². The summed E-state index contributed by atoms with van der Waals surface area (Å²) in [5, 5.41) is 13.7. The highest BCUT2D eigenvalue weighted by atomic mass is 32.2. The summed E-state index contributed by atoms with van der Waals surface area (Å²) < 4.78 is 52.7. The lowest BCUT2D eigenvalue weighted by molar-refractivity contribution is -0.144. The highest BCUT2D eigenvalue weighted by Crippen LogP contribution is 2.42. The van der Waals surface area contributed by atoms with Crippen LogP contribution >= 0.6 is 0 Å². The summed E-state index contributed by atoms with van der Waals surface area (Å²) in [7, 11) is -3.00. The second-order valence-corrected chi connectivity index (χ2v) is 12.1. The predicted octanol–water partition coefficient (Wildman–Crippen LogP) is 4.40. The first-order valence-electron chi connectivity index (χ1n) is 15.3. The van der Waals surface area contributed by atoms with Gasteiger partial charge in [-0.3, -0.25) is 19.5 Å². The number of carbonyl (C=O) groups is 1. The second-order valence-electron chi connectivity index (χ2n) is 10.4. The van der Waals surface area contributed by atoms with Gasteiger partial charge in [0.2, 0.25) is 12.5 Å². The number of hydrogen-bond donors (Lipinski definition) is 2.